The first-order valence-corrected chi connectivity index (χ1v) is 9.63. The van der Waals surface area contributed by atoms with Crippen LogP contribution in [0.3, 0.4) is 0 Å². The molecule has 130 valence electrons. The van der Waals surface area contributed by atoms with Crippen LogP contribution in [-0.2, 0) is 0 Å². The van der Waals surface area contributed by atoms with Gasteiger partial charge in [0.1, 0.15) is 0 Å². The summed E-state index contributed by atoms with van der Waals surface area (Å²) in [7, 11) is 0. The smallest absolute Gasteiger partial charge is 0.195 e. The van der Waals surface area contributed by atoms with E-state index in [2.05, 4.69) is 34.6 Å². The van der Waals surface area contributed by atoms with Crippen molar-refractivity contribution >= 4 is 37.1 Å². The van der Waals surface area contributed by atoms with Crippen molar-refractivity contribution in [2.45, 2.75) is 0 Å². The average molecular weight is 368 g/mol. The highest BCUT2D eigenvalue weighted by Crippen LogP contribution is 2.31. The van der Waals surface area contributed by atoms with Gasteiger partial charge < -0.3 is 5.32 Å². The normalized spacial score (nSPS) is 13.6. The SMILES string of the molecule is O=c1c2ccc(C3=CCNC=C3)cc2sc2cc(-c3ccncc3)ccc12. The van der Waals surface area contributed by atoms with E-state index in [0.717, 1.165) is 43.4 Å². The molecule has 4 heteroatoms. The lowest BCUT2D eigenvalue weighted by Crippen LogP contribution is -2.08. The molecule has 1 aliphatic heterocycles. The summed E-state index contributed by atoms with van der Waals surface area (Å²) in [5.41, 5.74) is 4.62. The summed E-state index contributed by atoms with van der Waals surface area (Å²) >= 11 is 1.67. The Morgan fingerprint density at radius 1 is 0.852 bits per heavy atom. The molecule has 0 unspecified atom stereocenters. The molecule has 2 aromatic carbocycles. The number of benzene rings is 2. The second kappa shape index (κ2) is 6.49. The largest absolute Gasteiger partial charge is 0.387 e. The maximum Gasteiger partial charge on any atom is 0.195 e. The standard InChI is InChI=1S/C23H16N2OS/c26-23-19-3-1-17(15-5-9-24-10-6-15)13-21(19)27-22-14-18(2-4-20(22)23)16-7-11-25-12-8-16/h1-11,13-14,25H,12H2. The van der Waals surface area contributed by atoms with Crippen molar-refractivity contribution in [3.8, 4) is 11.1 Å². The van der Waals surface area contributed by atoms with Gasteiger partial charge >= 0.3 is 0 Å². The van der Waals surface area contributed by atoms with Crippen LogP contribution in [0.15, 0.2) is 84.1 Å². The summed E-state index contributed by atoms with van der Waals surface area (Å²) < 4.78 is 2.03. The molecular formula is C23H16N2OS. The fourth-order valence-electron chi connectivity index (χ4n) is 3.42. The molecule has 0 fully saturated rings. The number of pyridine rings is 1. The van der Waals surface area contributed by atoms with Gasteiger partial charge in [0.25, 0.3) is 0 Å². The molecule has 1 N–H and O–H groups in total. The molecule has 0 amide bonds. The van der Waals surface area contributed by atoms with Gasteiger partial charge in [0.15, 0.2) is 5.43 Å². The Hall–Kier alpha value is -3.24. The number of hydrogen-bond donors (Lipinski definition) is 1. The quantitative estimate of drug-likeness (QED) is 0.508. The van der Waals surface area contributed by atoms with Gasteiger partial charge in [0.2, 0.25) is 0 Å². The second-order valence-corrected chi connectivity index (χ2v) is 7.57. The van der Waals surface area contributed by atoms with Crippen molar-refractivity contribution in [2.24, 2.45) is 0 Å². The maximum absolute atomic E-state index is 13.0. The number of hydrogen-bond acceptors (Lipinski definition) is 4. The topological polar surface area (TPSA) is 42.0 Å². The van der Waals surface area contributed by atoms with Gasteiger partial charge in [0.05, 0.1) is 0 Å². The summed E-state index contributed by atoms with van der Waals surface area (Å²) in [6, 6.07) is 16.1. The van der Waals surface area contributed by atoms with Crippen molar-refractivity contribution in [3.05, 3.63) is 95.1 Å². The van der Waals surface area contributed by atoms with Crippen LogP contribution in [0.2, 0.25) is 0 Å². The van der Waals surface area contributed by atoms with E-state index in [4.69, 9.17) is 0 Å². The molecule has 5 rings (SSSR count). The van der Waals surface area contributed by atoms with Crippen molar-refractivity contribution in [2.75, 3.05) is 6.54 Å². The number of rotatable bonds is 2. The Kier molecular flexibility index (Phi) is 3.84. The highest BCUT2D eigenvalue weighted by atomic mass is 32.1. The van der Waals surface area contributed by atoms with Crippen LogP contribution in [0, 0.1) is 0 Å². The Labute approximate surface area is 160 Å². The fourth-order valence-corrected chi connectivity index (χ4v) is 4.57. The highest BCUT2D eigenvalue weighted by Gasteiger charge is 2.10. The van der Waals surface area contributed by atoms with Gasteiger partial charge in [-0.15, -0.1) is 11.3 Å². The van der Waals surface area contributed by atoms with Crippen LogP contribution in [0.5, 0.6) is 0 Å². The number of aromatic nitrogens is 1. The molecule has 27 heavy (non-hydrogen) atoms. The first kappa shape index (κ1) is 16.0. The summed E-state index contributed by atoms with van der Waals surface area (Å²) in [4.78, 5) is 17.1. The van der Waals surface area contributed by atoms with Crippen LogP contribution in [-0.4, -0.2) is 11.5 Å². The molecule has 3 heterocycles. The third kappa shape index (κ3) is 2.84. The van der Waals surface area contributed by atoms with Crippen molar-refractivity contribution in [1.82, 2.24) is 10.3 Å². The van der Waals surface area contributed by atoms with Gasteiger partial charge in [-0.25, -0.2) is 0 Å². The van der Waals surface area contributed by atoms with E-state index < -0.39 is 0 Å². The van der Waals surface area contributed by atoms with Crippen molar-refractivity contribution in [3.63, 3.8) is 0 Å². The number of dihydropyridines is 1. The molecule has 0 saturated carbocycles. The number of fused-ring (bicyclic) bond motifs is 2. The zero-order valence-electron chi connectivity index (χ0n) is 14.5. The molecule has 0 atom stereocenters. The zero-order chi connectivity index (χ0) is 18.2. The highest BCUT2D eigenvalue weighted by molar-refractivity contribution is 7.24. The maximum atomic E-state index is 13.0. The molecule has 0 radical (unpaired) electrons. The lowest BCUT2D eigenvalue weighted by Gasteiger charge is -2.10. The summed E-state index contributed by atoms with van der Waals surface area (Å²) in [5, 5.41) is 4.73. The lowest BCUT2D eigenvalue weighted by atomic mass is 10.0. The van der Waals surface area contributed by atoms with E-state index in [0.29, 0.717) is 0 Å². The van der Waals surface area contributed by atoms with Gasteiger partial charge in [-0.3, -0.25) is 9.78 Å². The number of nitrogens with one attached hydrogen (secondary N) is 1. The molecule has 0 aliphatic carbocycles. The third-order valence-corrected chi connectivity index (χ3v) is 5.96. The molecule has 0 saturated heterocycles. The van der Waals surface area contributed by atoms with Crippen molar-refractivity contribution in [1.29, 1.82) is 0 Å². The molecule has 0 bridgehead atoms. The van der Waals surface area contributed by atoms with Crippen LogP contribution in [0.1, 0.15) is 5.56 Å². The zero-order valence-corrected chi connectivity index (χ0v) is 15.3. The van der Waals surface area contributed by atoms with E-state index in [1.165, 1.54) is 5.57 Å². The number of allylic oxidation sites excluding steroid dienone is 2. The van der Waals surface area contributed by atoms with Crippen LogP contribution in [0.25, 0.3) is 36.9 Å². The molecule has 1 aliphatic rings. The van der Waals surface area contributed by atoms with Gasteiger partial charge in [-0.2, -0.15) is 0 Å². The average Bonchev–Trinajstić information content (AvgIpc) is 2.74. The Bertz CT molecular complexity index is 1290. The molecule has 4 aromatic rings. The molecule has 3 nitrogen and oxygen atoms in total. The summed E-state index contributed by atoms with van der Waals surface area (Å²) in [5.74, 6) is 0. The van der Waals surface area contributed by atoms with Crippen LogP contribution in [0.4, 0.5) is 0 Å². The van der Waals surface area contributed by atoms with E-state index in [1.54, 1.807) is 23.7 Å². The lowest BCUT2D eigenvalue weighted by molar-refractivity contribution is 0.976. The Morgan fingerprint density at radius 3 is 2.26 bits per heavy atom. The predicted molar refractivity (Wildman–Crippen MR) is 114 cm³/mol. The minimum atomic E-state index is 0.0985. The second-order valence-electron chi connectivity index (χ2n) is 6.49. The Balaban J connectivity index is 1.71. The summed E-state index contributed by atoms with van der Waals surface area (Å²) in [6.07, 6.45) is 9.76. The van der Waals surface area contributed by atoms with E-state index in [1.807, 2.05) is 42.6 Å². The van der Waals surface area contributed by atoms with E-state index in [-0.39, 0.29) is 5.43 Å². The minimum Gasteiger partial charge on any atom is -0.387 e. The van der Waals surface area contributed by atoms with E-state index >= 15 is 0 Å². The predicted octanol–water partition coefficient (Wildman–Crippen LogP) is 4.98. The summed E-state index contributed by atoms with van der Waals surface area (Å²) in [6.45, 7) is 0.827. The first-order chi connectivity index (χ1) is 13.3. The van der Waals surface area contributed by atoms with Crippen LogP contribution >= 0.6 is 11.3 Å². The molecule has 2 aromatic heterocycles. The van der Waals surface area contributed by atoms with Crippen molar-refractivity contribution < 1.29 is 0 Å². The molecular weight excluding hydrogens is 352 g/mol. The van der Waals surface area contributed by atoms with E-state index in [9.17, 15) is 4.79 Å². The Morgan fingerprint density at radius 2 is 1.56 bits per heavy atom. The number of nitrogens with zero attached hydrogens (tertiary/aromatic N) is 1. The van der Waals surface area contributed by atoms with Gasteiger partial charge in [-0.1, -0.05) is 18.2 Å². The third-order valence-electron chi connectivity index (χ3n) is 4.84. The fraction of sp³-hybridized carbons (Fsp3) is 0.0435. The minimum absolute atomic E-state index is 0.0985. The molecule has 0 spiro atoms. The van der Waals surface area contributed by atoms with Gasteiger partial charge in [0, 0.05) is 39.1 Å². The van der Waals surface area contributed by atoms with Crippen LogP contribution < -0.4 is 10.7 Å². The monoisotopic (exact) mass is 368 g/mol. The first-order valence-electron chi connectivity index (χ1n) is 8.81. The van der Waals surface area contributed by atoms with Gasteiger partial charge in [-0.05, 0) is 70.9 Å².